The molecule has 1 amide bonds. The first-order valence-corrected chi connectivity index (χ1v) is 9.19. The van der Waals surface area contributed by atoms with Crippen LogP contribution < -0.4 is 0 Å². The van der Waals surface area contributed by atoms with Gasteiger partial charge in [0.15, 0.2) is 0 Å². The van der Waals surface area contributed by atoms with E-state index < -0.39 is 5.60 Å². The molecule has 1 aromatic rings. The molecule has 1 atom stereocenters. The summed E-state index contributed by atoms with van der Waals surface area (Å²) in [6.45, 7) is 11.4. The summed E-state index contributed by atoms with van der Waals surface area (Å²) >= 11 is 0.416. The van der Waals surface area contributed by atoms with Crippen LogP contribution in [0, 0.1) is 5.92 Å². The minimum Gasteiger partial charge on any atom is -0.444 e. The highest BCUT2D eigenvalue weighted by Gasteiger charge is 2.42. The summed E-state index contributed by atoms with van der Waals surface area (Å²) in [5.41, 5.74) is -0.645. The van der Waals surface area contributed by atoms with Gasteiger partial charge in [0.2, 0.25) is 0 Å². The first kappa shape index (κ1) is 18.8. The van der Waals surface area contributed by atoms with Crippen molar-refractivity contribution in [3.8, 4) is 0 Å². The lowest BCUT2D eigenvalue weighted by atomic mass is 9.93. The highest BCUT2D eigenvalue weighted by atomic mass is 32.1. The van der Waals surface area contributed by atoms with Crippen molar-refractivity contribution in [1.29, 1.82) is 0 Å². The number of ether oxygens (including phenoxy) is 1. The van der Waals surface area contributed by atoms with Gasteiger partial charge in [0.25, 0.3) is 0 Å². The van der Waals surface area contributed by atoms with Gasteiger partial charge in [0.05, 0.1) is 0 Å². The van der Waals surface area contributed by atoms with E-state index in [4.69, 9.17) is 4.74 Å². The summed E-state index contributed by atoms with van der Waals surface area (Å²) < 4.78 is 18.0. The van der Waals surface area contributed by atoms with Crippen molar-refractivity contribution < 1.29 is 13.7 Å². The van der Waals surface area contributed by atoms with Crippen molar-refractivity contribution in [3.05, 3.63) is 12.3 Å². The van der Waals surface area contributed by atoms with E-state index in [1.165, 1.54) is 0 Å². The minimum atomic E-state index is -0.470. The van der Waals surface area contributed by atoms with Crippen LogP contribution in [0.1, 0.15) is 53.9 Å². The molecule has 1 saturated heterocycles. The third-order valence-electron chi connectivity index (χ3n) is 4.27. The van der Waals surface area contributed by atoms with Gasteiger partial charge in [-0.3, -0.25) is 4.68 Å². The number of aromatic nitrogens is 2. The summed E-state index contributed by atoms with van der Waals surface area (Å²) in [5, 5.41) is 4.70. The van der Waals surface area contributed by atoms with Gasteiger partial charge in [0.1, 0.15) is 5.60 Å². The Labute approximate surface area is 148 Å². The molecule has 1 aromatic heterocycles. The van der Waals surface area contributed by atoms with Crippen LogP contribution in [0.2, 0.25) is 0 Å². The minimum absolute atomic E-state index is 0.176. The topological polar surface area (TPSA) is 64.4 Å². The molecule has 1 unspecified atom stereocenters. The quantitative estimate of drug-likeness (QED) is 0.759. The Morgan fingerprint density at radius 1 is 1.46 bits per heavy atom. The number of rotatable bonds is 5. The Bertz CT molecular complexity index is 592. The summed E-state index contributed by atoms with van der Waals surface area (Å²) in [6, 6.07) is 1.74. The lowest BCUT2D eigenvalue weighted by Gasteiger charge is -2.33. The van der Waals surface area contributed by atoms with Crippen LogP contribution in [0.15, 0.2) is 17.3 Å². The predicted molar refractivity (Wildman–Crippen MR) is 92.9 cm³/mol. The molecule has 134 valence electrons. The third kappa shape index (κ3) is 5.00. The summed E-state index contributed by atoms with van der Waals surface area (Å²) in [7, 11) is 0. The molecule has 1 aliphatic heterocycles. The highest BCUT2D eigenvalue weighted by molar-refractivity contribution is 7.65. The van der Waals surface area contributed by atoms with Gasteiger partial charge in [-0.05, 0) is 59.8 Å². The fourth-order valence-corrected chi connectivity index (χ4v) is 3.53. The molecule has 2 heterocycles. The molecule has 0 radical (unpaired) electrons. The lowest BCUT2D eigenvalue weighted by molar-refractivity contribution is 0.0131. The molecular weight excluding hydrogens is 326 g/mol. The van der Waals surface area contributed by atoms with Crippen molar-refractivity contribution in [1.82, 2.24) is 14.7 Å². The predicted octanol–water partition coefficient (Wildman–Crippen LogP) is 3.49. The Hall–Kier alpha value is -1.50. The maximum absolute atomic E-state index is 12.4. The number of hydrogen-bond acceptors (Lipinski definition) is 4. The Balaban J connectivity index is 1.85. The second-order valence-corrected chi connectivity index (χ2v) is 8.70. The largest absolute Gasteiger partial charge is 0.528 e. The molecule has 0 aliphatic carbocycles. The van der Waals surface area contributed by atoms with E-state index in [2.05, 4.69) is 18.9 Å². The van der Waals surface area contributed by atoms with Crippen LogP contribution in [0.4, 0.5) is 4.79 Å². The molecule has 1 aliphatic rings. The molecule has 6 nitrogen and oxygen atoms in total. The van der Waals surface area contributed by atoms with Crippen molar-refractivity contribution in [2.45, 2.75) is 76.6 Å². The average Bonchev–Trinajstić information content (AvgIpc) is 3.01. The van der Waals surface area contributed by atoms with Crippen molar-refractivity contribution in [2.75, 3.05) is 6.54 Å². The van der Waals surface area contributed by atoms with E-state index >= 15 is 0 Å². The maximum atomic E-state index is 12.4. The number of hydrogen-bond donors (Lipinski definition) is 0. The second kappa shape index (κ2) is 7.17. The first-order chi connectivity index (χ1) is 11.1. The van der Waals surface area contributed by atoms with Crippen LogP contribution in [0.25, 0.3) is 0 Å². The van der Waals surface area contributed by atoms with Gasteiger partial charge >= 0.3 is 22.8 Å². The van der Waals surface area contributed by atoms with E-state index in [-0.39, 0.29) is 11.6 Å². The normalized spacial score (nSPS) is 20.2. The monoisotopic (exact) mass is 354 g/mol. The molecule has 24 heavy (non-hydrogen) atoms. The van der Waals surface area contributed by atoms with Crippen molar-refractivity contribution in [3.63, 3.8) is 0 Å². The summed E-state index contributed by atoms with van der Waals surface area (Å²) in [4.78, 5) is 14.3. The number of likely N-dealkylation sites (tertiary alicyclic amines) is 1. The van der Waals surface area contributed by atoms with Crippen LogP contribution in [-0.4, -0.2) is 38.5 Å². The first-order valence-electron chi connectivity index (χ1n) is 8.44. The SMILES string of the molecule is CC(C)(C)OC(=O)N1CC(CCCn2ccc([S+]=O)n2)CC1(C)C. The van der Waals surface area contributed by atoms with E-state index in [1.807, 2.05) is 36.5 Å². The number of aryl methyl sites for hydroxylation is 1. The smallest absolute Gasteiger partial charge is 0.444 e. The number of carbonyl (C=O) groups excluding carboxylic acids is 1. The molecule has 0 aromatic carbocycles. The number of amides is 1. The van der Waals surface area contributed by atoms with Gasteiger partial charge in [0, 0.05) is 35.1 Å². The second-order valence-electron chi connectivity index (χ2n) is 8.12. The Morgan fingerprint density at radius 3 is 2.75 bits per heavy atom. The van der Waals surface area contributed by atoms with Crippen molar-refractivity contribution >= 4 is 17.8 Å². The maximum Gasteiger partial charge on any atom is 0.528 e. The molecule has 0 saturated carbocycles. The van der Waals surface area contributed by atoms with Gasteiger partial charge < -0.3 is 9.64 Å². The lowest BCUT2D eigenvalue weighted by Crippen LogP contribution is -2.45. The molecule has 1 fully saturated rings. The number of carbonyl (C=O) groups is 1. The number of nitrogens with zero attached hydrogens (tertiary/aromatic N) is 3. The fourth-order valence-electron chi connectivity index (χ4n) is 3.27. The Morgan fingerprint density at radius 2 is 2.17 bits per heavy atom. The van der Waals surface area contributed by atoms with Gasteiger partial charge in [-0.15, -0.1) is 5.10 Å². The van der Waals surface area contributed by atoms with Crippen LogP contribution in [0.3, 0.4) is 0 Å². The zero-order valence-electron chi connectivity index (χ0n) is 15.2. The molecule has 7 heteroatoms. The standard InChI is InChI=1S/C17H28N3O3S/c1-16(2,3)23-15(21)20-12-13(11-17(20,4)5)7-6-9-19-10-8-14(18-19)24-22/h8,10,13H,6-7,9,11-12H2,1-5H3/q+1. The molecule has 0 N–H and O–H groups in total. The van der Waals surface area contributed by atoms with E-state index in [0.29, 0.717) is 22.6 Å². The highest BCUT2D eigenvalue weighted by Crippen LogP contribution is 2.36. The molecule has 0 spiro atoms. The molecular formula is C17H28N3O3S+. The Kier molecular flexibility index (Phi) is 5.63. The van der Waals surface area contributed by atoms with Gasteiger partial charge in [-0.1, -0.05) is 0 Å². The van der Waals surface area contributed by atoms with E-state index in [0.717, 1.165) is 32.4 Å². The van der Waals surface area contributed by atoms with Crippen LogP contribution in [0.5, 0.6) is 0 Å². The van der Waals surface area contributed by atoms with Gasteiger partial charge in [-0.25, -0.2) is 4.79 Å². The van der Waals surface area contributed by atoms with E-state index in [1.54, 1.807) is 6.07 Å². The van der Waals surface area contributed by atoms with Crippen molar-refractivity contribution in [2.24, 2.45) is 5.92 Å². The van der Waals surface area contributed by atoms with Crippen LogP contribution in [-0.2, 0) is 27.2 Å². The summed E-state index contributed by atoms with van der Waals surface area (Å²) in [6.07, 6.45) is 4.61. The van der Waals surface area contributed by atoms with E-state index in [9.17, 15) is 9.00 Å². The van der Waals surface area contributed by atoms with Gasteiger partial charge in [-0.2, -0.15) is 0 Å². The van der Waals surface area contributed by atoms with Crippen LogP contribution >= 0.6 is 0 Å². The molecule has 2 rings (SSSR count). The average molecular weight is 354 g/mol. The zero-order chi connectivity index (χ0) is 18.0. The fraction of sp³-hybridized carbons (Fsp3) is 0.765. The summed E-state index contributed by atoms with van der Waals surface area (Å²) in [5.74, 6) is 0.469. The molecule has 0 bridgehead atoms. The zero-order valence-corrected chi connectivity index (χ0v) is 16.1. The third-order valence-corrected chi connectivity index (χ3v) is 4.66.